The van der Waals surface area contributed by atoms with E-state index in [0.717, 1.165) is 11.5 Å². The standard InChI is InChI=1S/C16H19N5O4/c1-12-10-13(25-18-12)11-19-6-8-20(9-7-19)16(22)17-14-4-2-3-5-15(14)21(23)24/h2-5,10H,6-9,11H2,1H3,(H,17,22). The molecule has 3 rings (SSSR count). The van der Waals surface area contributed by atoms with E-state index in [-0.39, 0.29) is 17.4 Å². The number of amides is 2. The van der Waals surface area contributed by atoms with Crippen molar-refractivity contribution in [2.45, 2.75) is 13.5 Å². The average molecular weight is 345 g/mol. The molecule has 1 aromatic carbocycles. The van der Waals surface area contributed by atoms with Crippen LogP contribution in [0.4, 0.5) is 16.2 Å². The van der Waals surface area contributed by atoms with Crippen LogP contribution in [0.2, 0.25) is 0 Å². The first kappa shape index (κ1) is 16.9. The highest BCUT2D eigenvalue weighted by atomic mass is 16.6. The third-order valence-electron chi connectivity index (χ3n) is 4.06. The molecule has 0 unspecified atom stereocenters. The van der Waals surface area contributed by atoms with Crippen molar-refractivity contribution in [3.63, 3.8) is 0 Å². The molecule has 1 aliphatic heterocycles. The molecular formula is C16H19N5O4. The number of rotatable bonds is 4. The Morgan fingerprint density at radius 1 is 1.32 bits per heavy atom. The van der Waals surface area contributed by atoms with E-state index >= 15 is 0 Å². The summed E-state index contributed by atoms with van der Waals surface area (Å²) >= 11 is 0. The largest absolute Gasteiger partial charge is 0.360 e. The molecule has 0 aliphatic carbocycles. The lowest BCUT2D eigenvalue weighted by Gasteiger charge is -2.34. The fraction of sp³-hybridized carbons (Fsp3) is 0.375. The van der Waals surface area contributed by atoms with E-state index in [1.807, 2.05) is 13.0 Å². The summed E-state index contributed by atoms with van der Waals surface area (Å²) in [6.45, 7) is 5.01. The molecule has 9 nitrogen and oxygen atoms in total. The van der Waals surface area contributed by atoms with Gasteiger partial charge in [0.25, 0.3) is 5.69 Å². The molecule has 2 amide bonds. The molecule has 1 saturated heterocycles. The number of aryl methyl sites for hydroxylation is 1. The minimum absolute atomic E-state index is 0.116. The molecule has 1 N–H and O–H groups in total. The van der Waals surface area contributed by atoms with Crippen molar-refractivity contribution in [3.05, 3.63) is 51.9 Å². The molecule has 9 heteroatoms. The maximum Gasteiger partial charge on any atom is 0.322 e. The minimum Gasteiger partial charge on any atom is -0.360 e. The number of hydrogen-bond acceptors (Lipinski definition) is 6. The van der Waals surface area contributed by atoms with Crippen LogP contribution in [-0.4, -0.2) is 52.1 Å². The van der Waals surface area contributed by atoms with Gasteiger partial charge in [0, 0.05) is 38.3 Å². The summed E-state index contributed by atoms with van der Waals surface area (Å²) in [4.78, 5) is 26.7. The SMILES string of the molecule is Cc1cc(CN2CCN(C(=O)Nc3ccccc3[N+](=O)[O-])CC2)on1. The number of piperazine rings is 1. The number of nitrogens with one attached hydrogen (secondary N) is 1. The molecule has 1 aliphatic rings. The lowest BCUT2D eigenvalue weighted by Crippen LogP contribution is -2.49. The molecule has 1 fully saturated rings. The van der Waals surface area contributed by atoms with Gasteiger partial charge < -0.3 is 14.7 Å². The number of nitro groups is 1. The number of hydrogen-bond donors (Lipinski definition) is 1. The van der Waals surface area contributed by atoms with Crippen LogP contribution < -0.4 is 5.32 Å². The Kier molecular flexibility index (Phi) is 4.94. The Balaban J connectivity index is 1.54. The van der Waals surface area contributed by atoms with Crippen LogP contribution in [0.25, 0.3) is 0 Å². The molecule has 2 aromatic rings. The number of para-hydroxylation sites is 2. The average Bonchev–Trinajstić information content (AvgIpc) is 3.00. The fourth-order valence-electron chi connectivity index (χ4n) is 2.75. The quantitative estimate of drug-likeness (QED) is 0.673. The summed E-state index contributed by atoms with van der Waals surface area (Å²) in [6.07, 6.45) is 0. The van der Waals surface area contributed by atoms with Gasteiger partial charge in [0.2, 0.25) is 0 Å². The first-order valence-corrected chi connectivity index (χ1v) is 7.97. The second kappa shape index (κ2) is 7.31. The minimum atomic E-state index is -0.507. The Morgan fingerprint density at radius 2 is 2.04 bits per heavy atom. The zero-order chi connectivity index (χ0) is 17.8. The van der Waals surface area contributed by atoms with Gasteiger partial charge in [-0.25, -0.2) is 4.79 Å². The van der Waals surface area contributed by atoms with E-state index in [1.165, 1.54) is 12.1 Å². The maximum absolute atomic E-state index is 12.4. The van der Waals surface area contributed by atoms with E-state index in [0.29, 0.717) is 32.7 Å². The smallest absolute Gasteiger partial charge is 0.322 e. The first-order chi connectivity index (χ1) is 12.0. The van der Waals surface area contributed by atoms with Gasteiger partial charge in [-0.15, -0.1) is 0 Å². The number of nitro benzene ring substituents is 1. The third-order valence-corrected chi connectivity index (χ3v) is 4.06. The lowest BCUT2D eigenvalue weighted by atomic mass is 10.2. The molecule has 0 bridgehead atoms. The van der Waals surface area contributed by atoms with Crippen molar-refractivity contribution >= 4 is 17.4 Å². The molecule has 132 valence electrons. The van der Waals surface area contributed by atoms with Gasteiger partial charge in [-0.1, -0.05) is 17.3 Å². The molecule has 25 heavy (non-hydrogen) atoms. The Hall–Kier alpha value is -2.94. The summed E-state index contributed by atoms with van der Waals surface area (Å²) in [5.74, 6) is 0.801. The summed E-state index contributed by atoms with van der Waals surface area (Å²) in [5, 5.41) is 17.5. The van der Waals surface area contributed by atoms with Crippen LogP contribution in [0.15, 0.2) is 34.9 Å². The molecule has 1 aromatic heterocycles. The number of benzene rings is 1. The van der Waals surface area contributed by atoms with Crippen molar-refractivity contribution in [3.8, 4) is 0 Å². The van der Waals surface area contributed by atoms with E-state index < -0.39 is 4.92 Å². The molecule has 0 saturated carbocycles. The third kappa shape index (κ3) is 4.13. The highest BCUT2D eigenvalue weighted by molar-refractivity contribution is 5.91. The number of carbonyl (C=O) groups excluding carboxylic acids is 1. The Morgan fingerprint density at radius 3 is 2.68 bits per heavy atom. The zero-order valence-corrected chi connectivity index (χ0v) is 13.8. The number of aromatic nitrogens is 1. The van der Waals surface area contributed by atoms with Crippen LogP contribution in [0.1, 0.15) is 11.5 Å². The van der Waals surface area contributed by atoms with Gasteiger partial charge >= 0.3 is 6.03 Å². The second-order valence-corrected chi connectivity index (χ2v) is 5.90. The second-order valence-electron chi connectivity index (χ2n) is 5.90. The van der Waals surface area contributed by atoms with Crippen LogP contribution in [0.5, 0.6) is 0 Å². The van der Waals surface area contributed by atoms with Crippen molar-refractivity contribution in [1.29, 1.82) is 0 Å². The number of carbonyl (C=O) groups is 1. The van der Waals surface area contributed by atoms with Gasteiger partial charge in [-0.05, 0) is 13.0 Å². The Labute approximate surface area is 144 Å². The van der Waals surface area contributed by atoms with Crippen molar-refractivity contribution < 1.29 is 14.2 Å². The predicted molar refractivity (Wildman–Crippen MR) is 90.2 cm³/mol. The topological polar surface area (TPSA) is 105 Å². The van der Waals surface area contributed by atoms with Gasteiger partial charge in [0.05, 0.1) is 17.2 Å². The van der Waals surface area contributed by atoms with Gasteiger partial charge in [0.15, 0.2) is 5.76 Å². The molecule has 0 radical (unpaired) electrons. The highest BCUT2D eigenvalue weighted by Gasteiger charge is 2.23. The van der Waals surface area contributed by atoms with E-state index in [9.17, 15) is 14.9 Å². The molecule has 2 heterocycles. The number of anilines is 1. The Bertz CT molecular complexity index is 767. The van der Waals surface area contributed by atoms with E-state index in [2.05, 4.69) is 15.4 Å². The van der Waals surface area contributed by atoms with E-state index in [1.54, 1.807) is 17.0 Å². The lowest BCUT2D eigenvalue weighted by molar-refractivity contribution is -0.383. The molecule has 0 atom stereocenters. The summed E-state index contributed by atoms with van der Waals surface area (Å²) < 4.78 is 5.21. The van der Waals surface area contributed by atoms with Crippen LogP contribution >= 0.6 is 0 Å². The summed E-state index contributed by atoms with van der Waals surface area (Å²) in [7, 11) is 0. The zero-order valence-electron chi connectivity index (χ0n) is 13.8. The van der Waals surface area contributed by atoms with Gasteiger partial charge in [-0.2, -0.15) is 0 Å². The van der Waals surface area contributed by atoms with Gasteiger partial charge in [-0.3, -0.25) is 15.0 Å². The molecule has 0 spiro atoms. The monoisotopic (exact) mass is 345 g/mol. The van der Waals surface area contributed by atoms with Crippen LogP contribution in [-0.2, 0) is 6.54 Å². The maximum atomic E-state index is 12.4. The van der Waals surface area contributed by atoms with Crippen molar-refractivity contribution in [1.82, 2.24) is 15.0 Å². The van der Waals surface area contributed by atoms with Crippen LogP contribution in [0, 0.1) is 17.0 Å². The first-order valence-electron chi connectivity index (χ1n) is 7.97. The van der Waals surface area contributed by atoms with Gasteiger partial charge in [0.1, 0.15) is 5.69 Å². The van der Waals surface area contributed by atoms with Crippen LogP contribution in [0.3, 0.4) is 0 Å². The van der Waals surface area contributed by atoms with Crippen molar-refractivity contribution in [2.24, 2.45) is 0 Å². The van der Waals surface area contributed by atoms with E-state index in [4.69, 9.17) is 4.52 Å². The highest BCUT2D eigenvalue weighted by Crippen LogP contribution is 2.23. The predicted octanol–water partition coefficient (Wildman–Crippen LogP) is 2.24. The summed E-state index contributed by atoms with van der Waals surface area (Å²) in [6, 6.07) is 7.68. The normalized spacial score (nSPS) is 15.2. The molecular weight excluding hydrogens is 326 g/mol. The van der Waals surface area contributed by atoms with Crippen molar-refractivity contribution in [2.75, 3.05) is 31.5 Å². The number of nitrogens with zero attached hydrogens (tertiary/aromatic N) is 4. The fourth-order valence-corrected chi connectivity index (χ4v) is 2.75. The summed E-state index contributed by atoms with van der Waals surface area (Å²) in [5.41, 5.74) is 0.935. The number of urea groups is 1.